The Hall–Kier alpha value is -2.93. The minimum absolute atomic E-state index is 0.315. The summed E-state index contributed by atoms with van der Waals surface area (Å²) in [5.74, 6) is 1.10. The normalized spacial score (nSPS) is 10.8. The van der Waals surface area contributed by atoms with Crippen LogP contribution < -0.4 is 11.1 Å². The van der Waals surface area contributed by atoms with Gasteiger partial charge in [0.25, 0.3) is 0 Å². The fourth-order valence-corrected chi connectivity index (χ4v) is 3.05. The van der Waals surface area contributed by atoms with Crippen LogP contribution in [0.2, 0.25) is 5.15 Å². The molecule has 0 unspecified atom stereocenters. The molecule has 0 aliphatic carbocycles. The van der Waals surface area contributed by atoms with Crippen molar-refractivity contribution in [2.24, 2.45) is 12.8 Å². The second-order valence-electron chi connectivity index (χ2n) is 6.37. The van der Waals surface area contributed by atoms with Crippen molar-refractivity contribution in [2.75, 3.05) is 11.9 Å². The predicted octanol–water partition coefficient (Wildman–Crippen LogP) is 3.18. The number of rotatable bonds is 7. The van der Waals surface area contributed by atoms with E-state index in [2.05, 4.69) is 26.6 Å². The summed E-state index contributed by atoms with van der Waals surface area (Å²) < 4.78 is 1.87. The Labute approximate surface area is 162 Å². The predicted molar refractivity (Wildman–Crippen MR) is 106 cm³/mol. The zero-order valence-corrected chi connectivity index (χ0v) is 16.0. The number of amides is 1. The first-order chi connectivity index (χ1) is 12.9. The second-order valence-corrected chi connectivity index (χ2v) is 6.76. The maximum absolute atomic E-state index is 10.9. The highest BCUT2D eigenvalue weighted by molar-refractivity contribution is 6.29. The van der Waals surface area contributed by atoms with Gasteiger partial charge in [0.2, 0.25) is 5.91 Å². The van der Waals surface area contributed by atoms with Gasteiger partial charge in [-0.15, -0.1) is 10.2 Å². The highest BCUT2D eigenvalue weighted by atomic mass is 35.5. The van der Waals surface area contributed by atoms with Crippen molar-refractivity contribution < 1.29 is 4.79 Å². The first-order valence-corrected chi connectivity index (χ1v) is 8.97. The Bertz CT molecular complexity index is 969. The maximum atomic E-state index is 10.9. The average Bonchev–Trinajstić information content (AvgIpc) is 3.04. The van der Waals surface area contributed by atoms with E-state index in [1.165, 1.54) is 0 Å². The molecule has 0 aliphatic heterocycles. The minimum Gasteiger partial charge on any atom is -0.370 e. The molecule has 0 saturated carbocycles. The standard InChI is InChI=1S/C19H21ClN6O/c1-12-5-6-14(19-25-23-11-26(19)2)15(8-12)13-9-16(20)24-18(10-13)22-7-3-4-17(21)27/h5-6,8-11H,3-4,7H2,1-2H3,(H2,21,27)(H,22,24). The van der Waals surface area contributed by atoms with Gasteiger partial charge in [-0.3, -0.25) is 4.79 Å². The molecule has 2 aromatic heterocycles. The molecule has 0 bridgehead atoms. The lowest BCUT2D eigenvalue weighted by Crippen LogP contribution is -2.13. The van der Waals surface area contributed by atoms with Gasteiger partial charge < -0.3 is 15.6 Å². The van der Waals surface area contributed by atoms with Crippen LogP contribution in [0.4, 0.5) is 5.82 Å². The molecule has 0 radical (unpaired) electrons. The van der Waals surface area contributed by atoms with Crippen molar-refractivity contribution in [1.82, 2.24) is 19.7 Å². The Morgan fingerprint density at radius 1 is 1.26 bits per heavy atom. The highest BCUT2D eigenvalue weighted by Crippen LogP contribution is 2.33. The summed E-state index contributed by atoms with van der Waals surface area (Å²) in [6.07, 6.45) is 2.63. The number of anilines is 1. The van der Waals surface area contributed by atoms with E-state index in [0.29, 0.717) is 30.4 Å². The summed E-state index contributed by atoms with van der Waals surface area (Å²) in [7, 11) is 1.91. The van der Waals surface area contributed by atoms with Crippen LogP contribution in [0.15, 0.2) is 36.7 Å². The van der Waals surface area contributed by atoms with E-state index in [-0.39, 0.29) is 5.91 Å². The number of hydrogen-bond acceptors (Lipinski definition) is 5. The van der Waals surface area contributed by atoms with Crippen molar-refractivity contribution in [3.05, 3.63) is 47.4 Å². The Morgan fingerprint density at radius 3 is 2.78 bits per heavy atom. The largest absolute Gasteiger partial charge is 0.370 e. The van der Waals surface area contributed by atoms with Crippen molar-refractivity contribution in [1.29, 1.82) is 0 Å². The van der Waals surface area contributed by atoms with Gasteiger partial charge in [0.05, 0.1) is 0 Å². The third-order valence-electron chi connectivity index (χ3n) is 4.14. The molecule has 8 heteroatoms. The molecule has 0 atom stereocenters. The molecular formula is C19H21ClN6O. The van der Waals surface area contributed by atoms with E-state index >= 15 is 0 Å². The Kier molecular flexibility index (Phi) is 5.71. The first kappa shape index (κ1) is 18.8. The number of primary amides is 1. The fourth-order valence-electron chi connectivity index (χ4n) is 2.84. The van der Waals surface area contributed by atoms with Crippen molar-refractivity contribution in [2.45, 2.75) is 19.8 Å². The number of pyridine rings is 1. The molecule has 27 heavy (non-hydrogen) atoms. The number of carbonyl (C=O) groups excluding carboxylic acids is 1. The quantitative estimate of drug-likeness (QED) is 0.481. The lowest BCUT2D eigenvalue weighted by Gasteiger charge is -2.13. The summed E-state index contributed by atoms with van der Waals surface area (Å²) in [6, 6.07) is 9.92. The lowest BCUT2D eigenvalue weighted by atomic mass is 9.97. The van der Waals surface area contributed by atoms with Crippen molar-refractivity contribution in [3.63, 3.8) is 0 Å². The van der Waals surface area contributed by atoms with Crippen LogP contribution in [-0.2, 0) is 11.8 Å². The molecule has 0 spiro atoms. The van der Waals surface area contributed by atoms with Crippen molar-refractivity contribution >= 4 is 23.3 Å². The number of aromatic nitrogens is 4. The number of nitrogens with two attached hydrogens (primary N) is 1. The van der Waals surface area contributed by atoms with E-state index in [4.69, 9.17) is 17.3 Å². The molecule has 3 rings (SSSR count). The van der Waals surface area contributed by atoms with E-state index in [1.54, 1.807) is 6.33 Å². The summed E-state index contributed by atoms with van der Waals surface area (Å²) in [6.45, 7) is 2.62. The van der Waals surface area contributed by atoms with E-state index in [9.17, 15) is 4.79 Å². The summed E-state index contributed by atoms with van der Waals surface area (Å²) >= 11 is 6.25. The van der Waals surface area contributed by atoms with Crippen LogP contribution in [0.3, 0.4) is 0 Å². The summed E-state index contributed by atoms with van der Waals surface area (Å²) in [5, 5.41) is 11.8. The smallest absolute Gasteiger partial charge is 0.217 e. The number of aryl methyl sites for hydroxylation is 2. The topological polar surface area (TPSA) is 98.7 Å². The second kappa shape index (κ2) is 8.18. The van der Waals surface area contributed by atoms with Crippen LogP contribution in [0.1, 0.15) is 18.4 Å². The molecule has 1 amide bonds. The minimum atomic E-state index is -0.315. The molecule has 3 N–H and O–H groups in total. The Balaban J connectivity index is 1.95. The van der Waals surface area contributed by atoms with Gasteiger partial charge in [0.1, 0.15) is 17.3 Å². The number of hydrogen-bond donors (Lipinski definition) is 2. The molecule has 1 aromatic carbocycles. The summed E-state index contributed by atoms with van der Waals surface area (Å²) in [4.78, 5) is 15.2. The van der Waals surface area contributed by atoms with Gasteiger partial charge in [-0.2, -0.15) is 0 Å². The van der Waals surface area contributed by atoms with Gasteiger partial charge >= 0.3 is 0 Å². The lowest BCUT2D eigenvalue weighted by molar-refractivity contribution is -0.118. The SMILES string of the molecule is Cc1ccc(-c2nncn2C)c(-c2cc(Cl)nc(NCCCC(N)=O)c2)c1. The third kappa shape index (κ3) is 4.62. The van der Waals surface area contributed by atoms with Crippen molar-refractivity contribution in [3.8, 4) is 22.5 Å². The molecule has 3 aromatic rings. The third-order valence-corrected chi connectivity index (χ3v) is 4.33. The van der Waals surface area contributed by atoms with E-state index in [0.717, 1.165) is 28.1 Å². The van der Waals surface area contributed by atoms with Crippen LogP contribution in [-0.4, -0.2) is 32.2 Å². The number of benzene rings is 1. The number of carbonyl (C=O) groups is 1. The maximum Gasteiger partial charge on any atom is 0.217 e. The number of nitrogens with one attached hydrogen (secondary N) is 1. The molecular weight excluding hydrogens is 364 g/mol. The van der Waals surface area contributed by atoms with Gasteiger partial charge in [-0.1, -0.05) is 35.4 Å². The zero-order valence-electron chi connectivity index (χ0n) is 15.2. The zero-order chi connectivity index (χ0) is 19.4. The number of nitrogens with zero attached hydrogens (tertiary/aromatic N) is 4. The molecule has 0 saturated heterocycles. The molecule has 7 nitrogen and oxygen atoms in total. The van der Waals surface area contributed by atoms with Crippen LogP contribution in [0.25, 0.3) is 22.5 Å². The van der Waals surface area contributed by atoms with E-state index in [1.807, 2.05) is 42.8 Å². The molecule has 2 heterocycles. The van der Waals surface area contributed by atoms with E-state index < -0.39 is 0 Å². The molecule has 0 aliphatic rings. The fraction of sp³-hybridized carbons (Fsp3) is 0.263. The van der Waals surface area contributed by atoms with Gasteiger partial charge in [0, 0.05) is 25.6 Å². The highest BCUT2D eigenvalue weighted by Gasteiger charge is 2.14. The van der Waals surface area contributed by atoms with Crippen LogP contribution in [0, 0.1) is 6.92 Å². The van der Waals surface area contributed by atoms with Crippen LogP contribution in [0.5, 0.6) is 0 Å². The average molecular weight is 385 g/mol. The van der Waals surface area contributed by atoms with Gasteiger partial charge in [-0.05, 0) is 36.6 Å². The van der Waals surface area contributed by atoms with Gasteiger partial charge in [0.15, 0.2) is 5.82 Å². The number of halogens is 1. The molecule has 140 valence electrons. The first-order valence-electron chi connectivity index (χ1n) is 8.59. The van der Waals surface area contributed by atoms with Crippen LogP contribution >= 0.6 is 11.6 Å². The summed E-state index contributed by atoms with van der Waals surface area (Å²) in [5.41, 5.74) is 9.18. The molecule has 0 fully saturated rings. The van der Waals surface area contributed by atoms with Gasteiger partial charge in [-0.25, -0.2) is 4.98 Å². The monoisotopic (exact) mass is 384 g/mol. The Morgan fingerprint density at radius 2 is 2.07 bits per heavy atom.